The lowest BCUT2D eigenvalue weighted by Crippen LogP contribution is -1.94. The van der Waals surface area contributed by atoms with Gasteiger partial charge >= 0.3 is 0 Å². The van der Waals surface area contributed by atoms with E-state index in [1.807, 2.05) is 24.3 Å². The minimum Gasteiger partial charge on any atom is -0.456 e. The highest BCUT2D eigenvalue weighted by molar-refractivity contribution is 6.21. The first kappa shape index (κ1) is 24.4. The fourth-order valence-electron chi connectivity index (χ4n) is 7.06. The first-order chi connectivity index (χ1) is 22.3. The molecular weight excluding hydrogens is 550 g/mol. The molecule has 3 heteroatoms. The largest absolute Gasteiger partial charge is 0.456 e. The summed E-state index contributed by atoms with van der Waals surface area (Å²) in [7, 11) is 0. The van der Waals surface area contributed by atoms with Gasteiger partial charge < -0.3 is 13.4 Å². The molecule has 0 bridgehead atoms. The summed E-state index contributed by atoms with van der Waals surface area (Å²) >= 11 is 0. The number of rotatable bonds is 3. The molecule has 0 fully saturated rings. The molecule has 7 aromatic carbocycles. The maximum atomic E-state index is 6.51. The molecule has 0 N–H and O–H groups in total. The Labute approximate surface area is 258 Å². The van der Waals surface area contributed by atoms with Crippen LogP contribution >= 0.6 is 0 Å². The van der Waals surface area contributed by atoms with Gasteiger partial charge in [-0.25, -0.2) is 0 Å². The van der Waals surface area contributed by atoms with Crippen molar-refractivity contribution in [3.8, 4) is 27.9 Å². The third-order valence-electron chi connectivity index (χ3n) is 9.23. The van der Waals surface area contributed by atoms with Crippen LogP contribution in [0.3, 0.4) is 0 Å². The fourth-order valence-corrected chi connectivity index (χ4v) is 7.06. The van der Waals surface area contributed by atoms with Gasteiger partial charge in [0.25, 0.3) is 0 Å². The first-order valence-electron chi connectivity index (χ1n) is 15.3. The second kappa shape index (κ2) is 9.22. The molecule has 45 heavy (non-hydrogen) atoms. The molecule has 3 nitrogen and oxygen atoms in total. The van der Waals surface area contributed by atoms with Crippen LogP contribution in [0.2, 0.25) is 0 Å². The molecule has 0 aliphatic carbocycles. The van der Waals surface area contributed by atoms with E-state index in [2.05, 4.69) is 132 Å². The number of benzene rings is 7. The summed E-state index contributed by atoms with van der Waals surface area (Å²) in [5.74, 6) is 0. The van der Waals surface area contributed by atoms with Crippen molar-refractivity contribution in [1.82, 2.24) is 4.57 Å². The fraction of sp³-hybridized carbons (Fsp3) is 0. The highest BCUT2D eigenvalue weighted by Crippen LogP contribution is 2.40. The topological polar surface area (TPSA) is 31.2 Å². The molecule has 3 heterocycles. The van der Waals surface area contributed by atoms with Crippen LogP contribution in [0.15, 0.2) is 160 Å². The highest BCUT2D eigenvalue weighted by atomic mass is 16.3. The maximum absolute atomic E-state index is 6.51. The monoisotopic (exact) mass is 575 g/mol. The summed E-state index contributed by atoms with van der Waals surface area (Å²) in [5, 5.41) is 6.99. The van der Waals surface area contributed by atoms with E-state index in [0.717, 1.165) is 55.1 Å². The smallest absolute Gasteiger partial charge is 0.160 e. The Morgan fingerprint density at radius 2 is 0.889 bits per heavy atom. The second-order valence-corrected chi connectivity index (χ2v) is 11.7. The number of nitrogens with zero attached hydrogens (tertiary/aromatic N) is 1. The van der Waals surface area contributed by atoms with E-state index in [9.17, 15) is 0 Å². The van der Waals surface area contributed by atoms with Crippen molar-refractivity contribution >= 4 is 65.7 Å². The van der Waals surface area contributed by atoms with Gasteiger partial charge in [-0.1, -0.05) is 103 Å². The van der Waals surface area contributed by atoms with Gasteiger partial charge in [0.1, 0.15) is 16.7 Å². The molecule has 10 rings (SSSR count). The molecule has 210 valence electrons. The van der Waals surface area contributed by atoms with Crippen LogP contribution in [0.5, 0.6) is 0 Å². The van der Waals surface area contributed by atoms with Crippen molar-refractivity contribution in [2.45, 2.75) is 0 Å². The molecule has 0 radical (unpaired) electrons. The summed E-state index contributed by atoms with van der Waals surface area (Å²) in [4.78, 5) is 0. The van der Waals surface area contributed by atoms with Gasteiger partial charge in [0, 0.05) is 38.0 Å². The number of hydrogen-bond donors (Lipinski definition) is 0. The molecule has 0 atom stereocenters. The predicted molar refractivity (Wildman–Crippen MR) is 186 cm³/mol. The number of aromatic nitrogens is 1. The average Bonchev–Trinajstić information content (AvgIpc) is 3.78. The van der Waals surface area contributed by atoms with Crippen LogP contribution in [-0.2, 0) is 0 Å². The molecule has 0 amide bonds. The van der Waals surface area contributed by atoms with Gasteiger partial charge in [0.2, 0.25) is 0 Å². The average molecular weight is 576 g/mol. The number of para-hydroxylation sites is 3. The maximum Gasteiger partial charge on any atom is 0.160 e. The Kier molecular flexibility index (Phi) is 5.00. The molecule has 0 aliphatic heterocycles. The molecule has 0 unspecified atom stereocenters. The molecule has 0 aliphatic rings. The standard InChI is InChI=1S/C42H25NO2/c1-4-10-37-31(7-1)34-22-23-35-32-8-2-6-12-39(32)45-42(35)41(34)43(37)30-20-17-27(18-21-30)26-13-15-28(16-14-26)29-19-24-40-36(25-29)33-9-3-5-11-38(33)44-40/h1-25H. The van der Waals surface area contributed by atoms with Crippen LogP contribution in [0.1, 0.15) is 0 Å². The number of hydrogen-bond acceptors (Lipinski definition) is 2. The van der Waals surface area contributed by atoms with Gasteiger partial charge in [-0.05, 0) is 70.8 Å². The van der Waals surface area contributed by atoms with E-state index in [0.29, 0.717) is 0 Å². The van der Waals surface area contributed by atoms with Crippen molar-refractivity contribution in [3.63, 3.8) is 0 Å². The quantitative estimate of drug-likeness (QED) is 0.210. The lowest BCUT2D eigenvalue weighted by Gasteiger charge is -2.10. The molecule has 10 aromatic rings. The summed E-state index contributed by atoms with van der Waals surface area (Å²) in [6, 6.07) is 53.7. The van der Waals surface area contributed by atoms with E-state index in [4.69, 9.17) is 8.83 Å². The Balaban J connectivity index is 1.06. The molecule has 0 saturated carbocycles. The van der Waals surface area contributed by atoms with Gasteiger partial charge in [-0.15, -0.1) is 0 Å². The zero-order chi connectivity index (χ0) is 29.5. The summed E-state index contributed by atoms with van der Waals surface area (Å²) in [6.45, 7) is 0. The molecule has 0 saturated heterocycles. The van der Waals surface area contributed by atoms with Gasteiger partial charge in [-0.3, -0.25) is 0 Å². The van der Waals surface area contributed by atoms with Crippen LogP contribution in [0, 0.1) is 0 Å². The predicted octanol–water partition coefficient (Wildman–Crippen LogP) is 11.9. The Morgan fingerprint density at radius 1 is 0.356 bits per heavy atom. The van der Waals surface area contributed by atoms with Gasteiger partial charge in [0.15, 0.2) is 5.58 Å². The normalized spacial score (nSPS) is 12.0. The molecular formula is C42H25NO2. The zero-order valence-electron chi connectivity index (χ0n) is 24.2. The third-order valence-corrected chi connectivity index (χ3v) is 9.23. The van der Waals surface area contributed by atoms with E-state index >= 15 is 0 Å². The van der Waals surface area contributed by atoms with E-state index in [1.165, 1.54) is 38.5 Å². The number of fused-ring (bicyclic) bond motifs is 10. The van der Waals surface area contributed by atoms with Crippen molar-refractivity contribution in [2.24, 2.45) is 0 Å². The van der Waals surface area contributed by atoms with Crippen LogP contribution in [-0.4, -0.2) is 4.57 Å². The lowest BCUT2D eigenvalue weighted by molar-refractivity contribution is 0.669. The van der Waals surface area contributed by atoms with E-state index in [-0.39, 0.29) is 0 Å². The summed E-state index contributed by atoms with van der Waals surface area (Å²) in [5.41, 5.74) is 11.8. The van der Waals surface area contributed by atoms with Gasteiger partial charge in [0.05, 0.1) is 11.0 Å². The molecule has 3 aromatic heterocycles. The van der Waals surface area contributed by atoms with E-state index in [1.54, 1.807) is 0 Å². The first-order valence-corrected chi connectivity index (χ1v) is 15.3. The SMILES string of the molecule is c1ccc2c(c1)oc1ccc(-c3ccc(-c4ccc(-n5c6ccccc6c6ccc7c8ccccc8oc7c65)cc4)cc3)cc12. The Morgan fingerprint density at radius 3 is 1.64 bits per heavy atom. The van der Waals surface area contributed by atoms with Crippen molar-refractivity contribution in [2.75, 3.05) is 0 Å². The second-order valence-electron chi connectivity index (χ2n) is 11.7. The summed E-state index contributed by atoms with van der Waals surface area (Å²) < 4.78 is 14.9. The summed E-state index contributed by atoms with van der Waals surface area (Å²) in [6.07, 6.45) is 0. The van der Waals surface area contributed by atoms with Crippen molar-refractivity contribution in [3.05, 3.63) is 152 Å². The van der Waals surface area contributed by atoms with Crippen molar-refractivity contribution in [1.29, 1.82) is 0 Å². The Bertz CT molecular complexity index is 2740. The van der Waals surface area contributed by atoms with Crippen LogP contribution < -0.4 is 0 Å². The third kappa shape index (κ3) is 3.58. The Hall–Kier alpha value is -6.06. The zero-order valence-corrected chi connectivity index (χ0v) is 24.2. The lowest BCUT2D eigenvalue weighted by atomic mass is 9.99. The highest BCUT2D eigenvalue weighted by Gasteiger charge is 2.18. The minimum atomic E-state index is 0.911. The number of furan rings is 2. The minimum absolute atomic E-state index is 0.911. The van der Waals surface area contributed by atoms with Crippen LogP contribution in [0.4, 0.5) is 0 Å². The van der Waals surface area contributed by atoms with E-state index < -0.39 is 0 Å². The van der Waals surface area contributed by atoms with Crippen molar-refractivity contribution < 1.29 is 8.83 Å². The molecule has 0 spiro atoms. The van der Waals surface area contributed by atoms with Crippen LogP contribution in [0.25, 0.3) is 93.6 Å². The van der Waals surface area contributed by atoms with Gasteiger partial charge in [-0.2, -0.15) is 0 Å².